The number of imide groups is 1. The standard InChI is InChI=1S/C10H13NO4/c12-8(13)4-5-11-9(14)6-2-1-3-7(6)10(11)15/h6-7H,1-5H2,(H,12,13). The zero-order chi connectivity index (χ0) is 11.0. The fraction of sp³-hybridized carbons (Fsp3) is 0.700. The Balaban J connectivity index is 2.04. The highest BCUT2D eigenvalue weighted by atomic mass is 16.4. The van der Waals surface area contributed by atoms with Crippen molar-refractivity contribution in [2.45, 2.75) is 25.7 Å². The maximum absolute atomic E-state index is 11.7. The maximum Gasteiger partial charge on any atom is 0.305 e. The number of aliphatic carboxylic acids is 1. The summed E-state index contributed by atoms with van der Waals surface area (Å²) >= 11 is 0. The van der Waals surface area contributed by atoms with Crippen LogP contribution in [-0.4, -0.2) is 34.3 Å². The molecule has 2 atom stereocenters. The zero-order valence-corrected chi connectivity index (χ0v) is 8.31. The molecule has 1 saturated heterocycles. The predicted octanol–water partition coefficient (Wildman–Crippen LogP) is 0.246. The van der Waals surface area contributed by atoms with Crippen molar-refractivity contribution in [2.24, 2.45) is 11.8 Å². The number of likely N-dealkylation sites (tertiary alicyclic amines) is 1. The number of nitrogens with zero attached hydrogens (tertiary/aromatic N) is 1. The first-order chi connectivity index (χ1) is 7.11. The van der Waals surface area contributed by atoms with Crippen molar-refractivity contribution in [1.82, 2.24) is 4.90 Å². The number of carboxylic acids is 1. The third-order valence-corrected chi connectivity index (χ3v) is 3.23. The summed E-state index contributed by atoms with van der Waals surface area (Å²) in [7, 11) is 0. The van der Waals surface area contributed by atoms with Gasteiger partial charge in [-0.3, -0.25) is 19.3 Å². The second-order valence-electron chi connectivity index (χ2n) is 4.12. The number of hydrogen-bond acceptors (Lipinski definition) is 3. The van der Waals surface area contributed by atoms with Gasteiger partial charge >= 0.3 is 5.97 Å². The summed E-state index contributed by atoms with van der Waals surface area (Å²) in [5.41, 5.74) is 0. The quantitative estimate of drug-likeness (QED) is 0.679. The molecule has 2 amide bonds. The number of amides is 2. The van der Waals surface area contributed by atoms with Gasteiger partial charge in [-0.25, -0.2) is 0 Å². The molecule has 0 aromatic rings. The first-order valence-electron chi connectivity index (χ1n) is 5.18. The summed E-state index contributed by atoms with van der Waals surface area (Å²) in [6, 6.07) is 0. The molecule has 2 unspecified atom stereocenters. The molecule has 1 N–H and O–H groups in total. The first-order valence-corrected chi connectivity index (χ1v) is 5.18. The SMILES string of the molecule is O=C(O)CCN1C(=O)C2CCCC2C1=O. The van der Waals surface area contributed by atoms with Crippen LogP contribution in [0.25, 0.3) is 0 Å². The molecule has 5 nitrogen and oxygen atoms in total. The lowest BCUT2D eigenvalue weighted by Crippen LogP contribution is -2.33. The lowest BCUT2D eigenvalue weighted by Gasteiger charge is -2.13. The average Bonchev–Trinajstić information content (AvgIpc) is 2.71. The molecule has 2 rings (SSSR count). The molecule has 2 aliphatic rings. The molecular weight excluding hydrogens is 198 g/mol. The molecule has 1 saturated carbocycles. The Kier molecular flexibility index (Phi) is 2.46. The first kappa shape index (κ1) is 10.1. The van der Waals surface area contributed by atoms with E-state index in [0.29, 0.717) is 0 Å². The Labute approximate surface area is 87.1 Å². The van der Waals surface area contributed by atoms with E-state index in [9.17, 15) is 14.4 Å². The molecule has 0 bridgehead atoms. The van der Waals surface area contributed by atoms with Crippen molar-refractivity contribution >= 4 is 17.8 Å². The van der Waals surface area contributed by atoms with Crippen molar-refractivity contribution < 1.29 is 19.5 Å². The summed E-state index contributed by atoms with van der Waals surface area (Å²) in [5.74, 6) is -1.63. The van der Waals surface area contributed by atoms with Gasteiger partial charge in [0.25, 0.3) is 0 Å². The largest absolute Gasteiger partial charge is 0.481 e. The number of rotatable bonds is 3. The van der Waals surface area contributed by atoms with Crippen LogP contribution in [0.5, 0.6) is 0 Å². The zero-order valence-electron chi connectivity index (χ0n) is 8.31. The summed E-state index contributed by atoms with van der Waals surface area (Å²) in [6.45, 7) is 0.0278. The monoisotopic (exact) mass is 211 g/mol. The van der Waals surface area contributed by atoms with Crippen LogP contribution in [0.3, 0.4) is 0 Å². The highest BCUT2D eigenvalue weighted by molar-refractivity contribution is 6.05. The topological polar surface area (TPSA) is 74.7 Å². The second-order valence-corrected chi connectivity index (χ2v) is 4.12. The van der Waals surface area contributed by atoms with Gasteiger partial charge in [-0.2, -0.15) is 0 Å². The molecule has 82 valence electrons. The van der Waals surface area contributed by atoms with Crippen molar-refractivity contribution in [3.63, 3.8) is 0 Å². The van der Waals surface area contributed by atoms with Gasteiger partial charge < -0.3 is 5.11 Å². The summed E-state index contributed by atoms with van der Waals surface area (Å²) in [5, 5.41) is 8.50. The minimum Gasteiger partial charge on any atom is -0.481 e. The molecule has 0 aromatic heterocycles. The summed E-state index contributed by atoms with van der Waals surface area (Å²) < 4.78 is 0. The third kappa shape index (κ3) is 1.62. The van der Waals surface area contributed by atoms with Gasteiger partial charge in [-0.1, -0.05) is 6.42 Å². The van der Waals surface area contributed by atoms with Crippen molar-refractivity contribution in [2.75, 3.05) is 6.54 Å². The smallest absolute Gasteiger partial charge is 0.305 e. The lowest BCUT2D eigenvalue weighted by atomic mass is 10.00. The Morgan fingerprint density at radius 2 is 1.80 bits per heavy atom. The second kappa shape index (κ2) is 3.64. The van der Waals surface area contributed by atoms with E-state index >= 15 is 0 Å². The fourth-order valence-electron chi connectivity index (χ4n) is 2.49. The van der Waals surface area contributed by atoms with Gasteiger partial charge in [-0.05, 0) is 12.8 Å². The van der Waals surface area contributed by atoms with Crippen LogP contribution in [0.15, 0.2) is 0 Å². The minimum absolute atomic E-state index is 0.0278. The van der Waals surface area contributed by atoms with Crippen LogP contribution in [-0.2, 0) is 14.4 Å². The third-order valence-electron chi connectivity index (χ3n) is 3.23. The lowest BCUT2D eigenvalue weighted by molar-refractivity contribution is -0.142. The van der Waals surface area contributed by atoms with Crippen molar-refractivity contribution in [3.05, 3.63) is 0 Å². The van der Waals surface area contributed by atoms with Crippen LogP contribution in [0.2, 0.25) is 0 Å². The van der Waals surface area contributed by atoms with Crippen molar-refractivity contribution in [3.8, 4) is 0 Å². The van der Waals surface area contributed by atoms with Crippen molar-refractivity contribution in [1.29, 1.82) is 0 Å². The normalized spacial score (nSPS) is 29.7. The van der Waals surface area contributed by atoms with Gasteiger partial charge in [0.2, 0.25) is 11.8 Å². The van der Waals surface area contributed by atoms with E-state index < -0.39 is 5.97 Å². The average molecular weight is 211 g/mol. The molecule has 2 fully saturated rings. The van der Waals surface area contributed by atoms with Crippen LogP contribution in [0.4, 0.5) is 0 Å². The predicted molar refractivity (Wildman–Crippen MR) is 49.8 cm³/mol. The van der Waals surface area contributed by atoms with Crippen LogP contribution in [0.1, 0.15) is 25.7 Å². The highest BCUT2D eigenvalue weighted by Crippen LogP contribution is 2.39. The molecule has 0 radical (unpaired) electrons. The molecule has 1 aliphatic heterocycles. The van der Waals surface area contributed by atoms with E-state index in [0.717, 1.165) is 24.2 Å². The highest BCUT2D eigenvalue weighted by Gasteiger charge is 2.49. The number of hydrogen-bond donors (Lipinski definition) is 1. The van der Waals surface area contributed by atoms with Gasteiger partial charge in [0.05, 0.1) is 18.3 Å². The molecule has 0 spiro atoms. The van der Waals surface area contributed by atoms with E-state index in [-0.39, 0.29) is 36.6 Å². The summed E-state index contributed by atoms with van der Waals surface area (Å²) in [6.07, 6.45) is 2.33. The molecule has 5 heteroatoms. The van der Waals surface area contributed by atoms with Gasteiger partial charge in [-0.15, -0.1) is 0 Å². The van der Waals surface area contributed by atoms with E-state index in [4.69, 9.17) is 5.11 Å². The molecule has 15 heavy (non-hydrogen) atoms. The van der Waals surface area contributed by atoms with Crippen LogP contribution >= 0.6 is 0 Å². The molecule has 0 aromatic carbocycles. The molecular formula is C10H13NO4. The van der Waals surface area contributed by atoms with Gasteiger partial charge in [0, 0.05) is 6.54 Å². The van der Waals surface area contributed by atoms with Gasteiger partial charge in [0.1, 0.15) is 0 Å². The van der Waals surface area contributed by atoms with E-state index in [1.54, 1.807) is 0 Å². The Hall–Kier alpha value is -1.39. The number of carboxylic acid groups (broad SMARTS) is 1. The van der Waals surface area contributed by atoms with E-state index in [1.165, 1.54) is 0 Å². The van der Waals surface area contributed by atoms with E-state index in [2.05, 4.69) is 0 Å². The number of carbonyl (C=O) groups is 3. The van der Waals surface area contributed by atoms with E-state index in [1.807, 2.05) is 0 Å². The maximum atomic E-state index is 11.7. The van der Waals surface area contributed by atoms with Gasteiger partial charge in [0.15, 0.2) is 0 Å². The molecule has 1 aliphatic carbocycles. The molecule has 1 heterocycles. The Morgan fingerprint density at radius 3 is 2.27 bits per heavy atom. The van der Waals surface area contributed by atoms with Crippen LogP contribution < -0.4 is 0 Å². The fourth-order valence-corrected chi connectivity index (χ4v) is 2.49. The minimum atomic E-state index is -0.979. The number of carbonyl (C=O) groups excluding carboxylic acids is 2. The van der Waals surface area contributed by atoms with Crippen LogP contribution in [0, 0.1) is 11.8 Å². The Morgan fingerprint density at radius 1 is 1.27 bits per heavy atom. The summed E-state index contributed by atoms with van der Waals surface area (Å²) in [4.78, 5) is 34.9. The Bertz CT molecular complexity index is 303. The number of fused-ring (bicyclic) bond motifs is 1.